The van der Waals surface area contributed by atoms with E-state index in [1.807, 2.05) is 30.3 Å². The number of unbranched alkanes of at least 4 members (excludes halogenated alkanes) is 8. The molecule has 1 aliphatic rings. The van der Waals surface area contributed by atoms with Gasteiger partial charge in [-0.25, -0.2) is 19.7 Å². The molecule has 0 unspecified atom stereocenters. The molecule has 1 aliphatic heterocycles. The van der Waals surface area contributed by atoms with Crippen LogP contribution in [-0.4, -0.2) is 90.1 Å². The van der Waals surface area contributed by atoms with Gasteiger partial charge in [0, 0.05) is 37.3 Å². The smallest absolute Gasteiger partial charge is 0.326 e. The maximum Gasteiger partial charge on any atom is 0.326 e. The molecule has 50 heavy (non-hydrogen) atoms. The minimum Gasteiger partial charge on any atom is -0.489 e. The van der Waals surface area contributed by atoms with Crippen LogP contribution in [0, 0.1) is 0 Å². The molecule has 4 rings (SSSR count). The molecular weight excluding hydrogens is 632 g/mol. The second-order valence-corrected chi connectivity index (χ2v) is 13.3. The van der Waals surface area contributed by atoms with Gasteiger partial charge in [-0.05, 0) is 70.5 Å². The van der Waals surface area contributed by atoms with Gasteiger partial charge in [-0.1, -0.05) is 56.2 Å². The van der Waals surface area contributed by atoms with Crippen molar-refractivity contribution in [3.8, 4) is 11.5 Å². The van der Waals surface area contributed by atoms with E-state index < -0.39 is 12.0 Å². The zero-order chi connectivity index (χ0) is 35.4. The van der Waals surface area contributed by atoms with Crippen molar-refractivity contribution in [2.45, 2.75) is 96.4 Å². The van der Waals surface area contributed by atoms with Crippen LogP contribution in [-0.2, 0) is 16.0 Å². The number of benzene rings is 1. The third-order valence-electron chi connectivity index (χ3n) is 9.04. The molecule has 3 aromatic rings. The molecule has 11 nitrogen and oxygen atoms in total. The number of para-hydroxylation sites is 1. The van der Waals surface area contributed by atoms with Gasteiger partial charge in [0.05, 0.1) is 25.3 Å². The summed E-state index contributed by atoms with van der Waals surface area (Å²) in [6.45, 7) is 10.9. The number of anilines is 2. The quantitative estimate of drug-likeness (QED) is 0.0571. The first-order chi connectivity index (χ1) is 24.4. The van der Waals surface area contributed by atoms with Gasteiger partial charge in [0.1, 0.15) is 24.8 Å². The number of methoxy groups -OCH3 is 1. The average molecular weight is 691 g/mol. The van der Waals surface area contributed by atoms with Crippen molar-refractivity contribution in [2.24, 2.45) is 0 Å². The predicted octanol–water partition coefficient (Wildman–Crippen LogP) is 7.52. The van der Waals surface area contributed by atoms with Crippen LogP contribution in [0.2, 0.25) is 0 Å². The highest BCUT2D eigenvalue weighted by Gasteiger charge is 2.21. The molecule has 0 aliphatic carbocycles. The van der Waals surface area contributed by atoms with Crippen molar-refractivity contribution in [1.82, 2.24) is 19.9 Å². The Morgan fingerprint density at radius 3 is 2.58 bits per heavy atom. The molecule has 0 bridgehead atoms. The summed E-state index contributed by atoms with van der Waals surface area (Å²) >= 11 is 0. The van der Waals surface area contributed by atoms with Gasteiger partial charge in [0.2, 0.25) is 5.75 Å². The normalized spacial score (nSPS) is 13.0. The van der Waals surface area contributed by atoms with Crippen molar-refractivity contribution in [3.05, 3.63) is 54.5 Å². The molecule has 0 saturated heterocycles. The summed E-state index contributed by atoms with van der Waals surface area (Å²) in [4.78, 5) is 27.9. The van der Waals surface area contributed by atoms with Crippen LogP contribution in [0.1, 0.15) is 89.7 Å². The Bertz CT molecular complexity index is 1460. The second kappa shape index (κ2) is 22.0. The molecule has 0 fully saturated rings. The second-order valence-electron chi connectivity index (χ2n) is 13.3. The van der Waals surface area contributed by atoms with Crippen molar-refractivity contribution < 1.29 is 24.1 Å². The van der Waals surface area contributed by atoms with Gasteiger partial charge in [-0.2, -0.15) is 0 Å². The van der Waals surface area contributed by atoms with Gasteiger partial charge in [-0.15, -0.1) is 6.58 Å². The molecule has 274 valence electrons. The molecule has 0 amide bonds. The number of nitrogens with one attached hydrogen (secondary N) is 2. The standard InChI is InChI=1S/C39H58N6O5/c1-30(2)16-10-8-6-4-5-7-9-15-25-49-35-28-31(43-38-36(35)50-26-21-40-38)17-13-14-22-45(24-27-48-3)23-20-34(39(46)47)44-37-32-18-11-12-19-33(32)41-29-42-37/h11-12,18-19,28-29,34H,1,4-10,13-17,20-27H2,2-3H3,(H,40,43)(H,46,47)(H,41,42,44)/t34-/m0/s1. The topological polar surface area (TPSA) is 131 Å². The number of carboxylic acids is 1. The lowest BCUT2D eigenvalue weighted by molar-refractivity contribution is -0.138. The largest absolute Gasteiger partial charge is 0.489 e. The van der Waals surface area contributed by atoms with E-state index in [-0.39, 0.29) is 0 Å². The summed E-state index contributed by atoms with van der Waals surface area (Å²) < 4.78 is 17.6. The fourth-order valence-corrected chi connectivity index (χ4v) is 6.20. The summed E-state index contributed by atoms with van der Waals surface area (Å²) in [5.74, 6) is 1.88. The van der Waals surface area contributed by atoms with Crippen LogP contribution in [0.5, 0.6) is 11.5 Å². The van der Waals surface area contributed by atoms with E-state index >= 15 is 0 Å². The number of nitrogens with zero attached hydrogens (tertiary/aromatic N) is 4. The first kappa shape index (κ1) is 38.8. The van der Waals surface area contributed by atoms with Crippen LogP contribution in [0.25, 0.3) is 10.9 Å². The maximum absolute atomic E-state index is 12.2. The number of rotatable bonds is 26. The third kappa shape index (κ3) is 13.4. The van der Waals surface area contributed by atoms with Crippen molar-refractivity contribution in [3.63, 3.8) is 0 Å². The number of carboxylic acid groups (broad SMARTS) is 1. The summed E-state index contributed by atoms with van der Waals surface area (Å²) in [5.41, 5.74) is 3.05. The lowest BCUT2D eigenvalue weighted by atomic mass is 10.1. The van der Waals surface area contributed by atoms with Crippen LogP contribution in [0.15, 0.2) is 48.8 Å². The van der Waals surface area contributed by atoms with E-state index in [2.05, 4.69) is 39.0 Å². The number of aliphatic carboxylic acids is 1. The fraction of sp³-hybridized carbons (Fsp3) is 0.590. The number of hydrogen-bond acceptors (Lipinski definition) is 10. The van der Waals surface area contributed by atoms with Crippen LogP contribution >= 0.6 is 0 Å². The number of pyridine rings is 1. The average Bonchev–Trinajstić information content (AvgIpc) is 3.12. The number of carbonyl (C=O) groups is 1. The van der Waals surface area contributed by atoms with Gasteiger partial charge in [0.15, 0.2) is 11.6 Å². The lowest BCUT2D eigenvalue weighted by Gasteiger charge is -2.24. The number of fused-ring (bicyclic) bond motifs is 2. The van der Waals surface area contributed by atoms with E-state index in [9.17, 15) is 9.90 Å². The molecule has 3 N–H and O–H groups in total. The summed E-state index contributed by atoms with van der Waals surface area (Å²) in [6.07, 6.45) is 15.7. The molecule has 2 aromatic heterocycles. The van der Waals surface area contributed by atoms with Gasteiger partial charge < -0.3 is 34.9 Å². The molecule has 0 spiro atoms. The monoisotopic (exact) mass is 690 g/mol. The molecular formula is C39H58N6O5. The van der Waals surface area contributed by atoms with E-state index in [1.54, 1.807) is 7.11 Å². The molecule has 3 heterocycles. The van der Waals surface area contributed by atoms with Gasteiger partial charge in [0.25, 0.3) is 0 Å². The highest BCUT2D eigenvalue weighted by molar-refractivity contribution is 5.90. The minimum atomic E-state index is -0.908. The van der Waals surface area contributed by atoms with E-state index in [4.69, 9.17) is 19.2 Å². The summed E-state index contributed by atoms with van der Waals surface area (Å²) in [7, 11) is 1.69. The van der Waals surface area contributed by atoms with E-state index in [0.29, 0.717) is 38.6 Å². The van der Waals surface area contributed by atoms with Crippen LogP contribution in [0.4, 0.5) is 11.6 Å². The van der Waals surface area contributed by atoms with Crippen LogP contribution in [0.3, 0.4) is 0 Å². The zero-order valence-corrected chi connectivity index (χ0v) is 30.3. The number of aryl methyl sites for hydroxylation is 1. The zero-order valence-electron chi connectivity index (χ0n) is 30.3. The third-order valence-corrected chi connectivity index (χ3v) is 9.04. The summed E-state index contributed by atoms with van der Waals surface area (Å²) in [5, 5.41) is 17.3. The van der Waals surface area contributed by atoms with E-state index in [1.165, 1.54) is 56.8 Å². The Morgan fingerprint density at radius 2 is 1.80 bits per heavy atom. The van der Waals surface area contributed by atoms with Gasteiger partial charge in [-0.3, -0.25) is 0 Å². The van der Waals surface area contributed by atoms with Gasteiger partial charge >= 0.3 is 5.97 Å². The predicted molar refractivity (Wildman–Crippen MR) is 201 cm³/mol. The molecule has 1 aromatic carbocycles. The molecule has 1 atom stereocenters. The summed E-state index contributed by atoms with van der Waals surface area (Å²) in [6, 6.07) is 8.84. The first-order valence-corrected chi connectivity index (χ1v) is 18.5. The molecule has 0 saturated carbocycles. The first-order valence-electron chi connectivity index (χ1n) is 18.5. The fourth-order valence-electron chi connectivity index (χ4n) is 6.20. The van der Waals surface area contributed by atoms with Crippen molar-refractivity contribution in [2.75, 3.05) is 63.7 Å². The highest BCUT2D eigenvalue weighted by Crippen LogP contribution is 2.37. The SMILES string of the molecule is C=C(C)CCCCCCCCCCOc1cc(CCCCN(CCOC)CC[C@H](Nc2ncnc3ccccc23)C(=O)O)nc2c1OCCN2. The Balaban J connectivity index is 1.22. The Labute approximate surface area is 298 Å². The van der Waals surface area contributed by atoms with Crippen molar-refractivity contribution in [1.29, 1.82) is 0 Å². The van der Waals surface area contributed by atoms with Crippen molar-refractivity contribution >= 4 is 28.5 Å². The Kier molecular flexibility index (Phi) is 17.1. The molecule has 11 heteroatoms. The number of allylic oxidation sites excluding steroid dienone is 1. The highest BCUT2D eigenvalue weighted by atomic mass is 16.5. The lowest BCUT2D eigenvalue weighted by Crippen LogP contribution is -2.37. The Hall–Kier alpha value is -3.96. The molecule has 0 radical (unpaired) electrons. The number of ether oxygens (including phenoxy) is 3. The number of aromatic nitrogens is 3. The van der Waals surface area contributed by atoms with Crippen LogP contribution < -0.4 is 20.1 Å². The Morgan fingerprint density at radius 1 is 1.02 bits per heavy atom. The number of hydrogen-bond donors (Lipinski definition) is 3. The minimum absolute atomic E-state index is 0.423. The maximum atomic E-state index is 12.2. The van der Waals surface area contributed by atoms with E-state index in [0.717, 1.165) is 85.7 Å².